The van der Waals surface area contributed by atoms with Gasteiger partial charge < -0.3 is 25.0 Å². The number of nitrogens with zero attached hydrogens (tertiary/aromatic N) is 5. The van der Waals surface area contributed by atoms with Gasteiger partial charge in [0.1, 0.15) is 11.5 Å². The summed E-state index contributed by atoms with van der Waals surface area (Å²) in [5, 5.41) is 7.21. The fourth-order valence-corrected chi connectivity index (χ4v) is 5.28. The second-order valence-corrected chi connectivity index (χ2v) is 9.57. The molecule has 2 aliphatic rings. The van der Waals surface area contributed by atoms with Crippen LogP contribution in [0.15, 0.2) is 24.5 Å². The maximum Gasteiger partial charge on any atom is 0.410 e. The summed E-state index contributed by atoms with van der Waals surface area (Å²) in [6.07, 6.45) is 2.59. The van der Waals surface area contributed by atoms with Crippen LogP contribution in [0, 0.1) is 0 Å². The molecule has 11 nitrogen and oxygen atoms in total. The number of amides is 2. The predicted octanol–water partition coefficient (Wildman–Crippen LogP) is 3.58. The molecule has 0 unspecified atom stereocenters. The van der Waals surface area contributed by atoms with Gasteiger partial charge in [0.2, 0.25) is 17.0 Å². The van der Waals surface area contributed by atoms with Crippen molar-refractivity contribution in [3.05, 3.63) is 40.3 Å². The number of carbonyl (C=O) groups excluding carboxylic acids is 2. The highest BCUT2D eigenvalue weighted by molar-refractivity contribution is 7.21. The molecule has 0 aliphatic carbocycles. The third-order valence-corrected chi connectivity index (χ3v) is 7.05. The molecule has 0 saturated carbocycles. The summed E-state index contributed by atoms with van der Waals surface area (Å²) >= 11 is 7.41. The van der Waals surface area contributed by atoms with Gasteiger partial charge in [-0.25, -0.2) is 19.7 Å². The van der Waals surface area contributed by atoms with Gasteiger partial charge in [0.05, 0.1) is 41.6 Å². The van der Waals surface area contributed by atoms with Crippen LogP contribution in [0.4, 0.5) is 10.5 Å². The van der Waals surface area contributed by atoms with Crippen molar-refractivity contribution in [3.8, 4) is 11.8 Å². The fraction of sp³-hybridized carbons (Fsp3) is 0.273. The van der Waals surface area contributed by atoms with Crippen molar-refractivity contribution in [1.29, 1.82) is 0 Å². The van der Waals surface area contributed by atoms with Crippen molar-refractivity contribution in [3.63, 3.8) is 0 Å². The standard InChI is InChI=1S/C22H18ClN7O4S/c1-10-6-24-17-15-13(35-18(17)19(31)27-10)3-2-12-16(15)25-8-14(28-12)34-20-11(7-26-21(23)29-20)9-30-4-5-33-22(30)32/h2-3,7-8,10,24H,4-6,9H2,1H3,(H,27,31)/t10-/m1/s1. The van der Waals surface area contributed by atoms with Crippen molar-refractivity contribution in [2.45, 2.75) is 19.5 Å². The molecule has 1 fully saturated rings. The zero-order chi connectivity index (χ0) is 24.1. The number of nitrogens with one attached hydrogen (secondary N) is 2. The molecule has 2 amide bonds. The summed E-state index contributed by atoms with van der Waals surface area (Å²) in [6, 6.07) is 3.76. The van der Waals surface area contributed by atoms with Crippen LogP contribution in [0.1, 0.15) is 22.2 Å². The SMILES string of the molecule is C[C@@H]1CNc2c(sc3ccc4nc(Oc5nc(Cl)ncc5CN5CCOC5=O)cnc4c23)C(=O)N1. The summed E-state index contributed by atoms with van der Waals surface area (Å²) in [7, 11) is 0. The van der Waals surface area contributed by atoms with E-state index in [4.69, 9.17) is 21.1 Å². The van der Waals surface area contributed by atoms with E-state index in [-0.39, 0.29) is 35.5 Å². The number of rotatable bonds is 4. The Hall–Kier alpha value is -3.77. The molecular formula is C22H18ClN7O4S. The number of hydrogen-bond acceptors (Lipinski definition) is 10. The van der Waals surface area contributed by atoms with Gasteiger partial charge in [-0.2, -0.15) is 4.98 Å². The first-order valence-electron chi connectivity index (χ1n) is 10.8. The van der Waals surface area contributed by atoms with Crippen LogP contribution in [0.3, 0.4) is 0 Å². The fourth-order valence-electron chi connectivity index (χ4n) is 4.07. The van der Waals surface area contributed by atoms with Crippen molar-refractivity contribution >= 4 is 61.7 Å². The van der Waals surface area contributed by atoms with Crippen LogP contribution in [0.25, 0.3) is 21.1 Å². The molecular weight excluding hydrogens is 494 g/mol. The number of ether oxygens (including phenoxy) is 2. The van der Waals surface area contributed by atoms with Gasteiger partial charge in [-0.15, -0.1) is 11.3 Å². The second kappa shape index (κ2) is 8.47. The average molecular weight is 512 g/mol. The third kappa shape index (κ3) is 3.94. The van der Waals surface area contributed by atoms with E-state index in [1.807, 2.05) is 19.1 Å². The summed E-state index contributed by atoms with van der Waals surface area (Å²) in [6.45, 7) is 3.56. The molecule has 2 N–H and O–H groups in total. The molecule has 0 spiro atoms. The average Bonchev–Trinajstić information content (AvgIpc) is 3.38. The molecule has 6 rings (SSSR count). The Morgan fingerprint density at radius 1 is 1.26 bits per heavy atom. The molecule has 1 atom stereocenters. The Morgan fingerprint density at radius 3 is 2.97 bits per heavy atom. The number of hydrogen-bond donors (Lipinski definition) is 2. The van der Waals surface area contributed by atoms with E-state index in [0.717, 1.165) is 15.8 Å². The predicted molar refractivity (Wildman–Crippen MR) is 129 cm³/mol. The molecule has 2 aliphatic heterocycles. The first-order chi connectivity index (χ1) is 17.0. The van der Waals surface area contributed by atoms with Crippen LogP contribution >= 0.6 is 22.9 Å². The lowest BCUT2D eigenvalue weighted by Crippen LogP contribution is -2.34. The number of cyclic esters (lactones) is 1. The zero-order valence-electron chi connectivity index (χ0n) is 18.4. The Morgan fingerprint density at radius 2 is 2.14 bits per heavy atom. The zero-order valence-corrected chi connectivity index (χ0v) is 19.9. The van der Waals surface area contributed by atoms with Gasteiger partial charge in [0.25, 0.3) is 5.91 Å². The molecule has 13 heteroatoms. The normalized spacial score (nSPS) is 17.7. The number of benzene rings is 1. The summed E-state index contributed by atoms with van der Waals surface area (Å²) < 4.78 is 11.9. The van der Waals surface area contributed by atoms with Crippen molar-refractivity contribution in [2.24, 2.45) is 0 Å². The number of thiophene rings is 1. The van der Waals surface area contributed by atoms with Crippen LogP contribution in [-0.2, 0) is 11.3 Å². The minimum Gasteiger partial charge on any atom is -0.448 e. The topological polar surface area (TPSA) is 131 Å². The Kier molecular flexibility index (Phi) is 5.26. The highest BCUT2D eigenvalue weighted by atomic mass is 35.5. The van der Waals surface area contributed by atoms with Crippen LogP contribution in [0.5, 0.6) is 11.8 Å². The van der Waals surface area contributed by atoms with E-state index in [0.29, 0.717) is 41.2 Å². The highest BCUT2D eigenvalue weighted by Gasteiger charge is 2.26. The molecule has 35 heavy (non-hydrogen) atoms. The van der Waals surface area contributed by atoms with Gasteiger partial charge in [-0.3, -0.25) is 4.79 Å². The monoisotopic (exact) mass is 511 g/mol. The first kappa shape index (κ1) is 21.7. The van der Waals surface area contributed by atoms with Gasteiger partial charge >= 0.3 is 6.09 Å². The van der Waals surface area contributed by atoms with Gasteiger partial charge in [0, 0.05) is 28.9 Å². The van der Waals surface area contributed by atoms with Crippen molar-refractivity contribution in [2.75, 3.05) is 25.0 Å². The molecule has 0 bridgehead atoms. The first-order valence-corrected chi connectivity index (χ1v) is 12.0. The van der Waals surface area contributed by atoms with Crippen molar-refractivity contribution in [1.82, 2.24) is 30.2 Å². The smallest absolute Gasteiger partial charge is 0.410 e. The third-order valence-electron chi connectivity index (χ3n) is 5.71. The highest BCUT2D eigenvalue weighted by Crippen LogP contribution is 2.40. The Labute approximate surface area is 207 Å². The van der Waals surface area contributed by atoms with E-state index in [1.165, 1.54) is 28.6 Å². The summed E-state index contributed by atoms with van der Waals surface area (Å²) in [5.41, 5.74) is 2.57. The van der Waals surface area contributed by atoms with Crippen molar-refractivity contribution < 1.29 is 19.1 Å². The lowest BCUT2D eigenvalue weighted by atomic mass is 10.1. The van der Waals surface area contributed by atoms with Gasteiger partial charge in [-0.05, 0) is 30.7 Å². The van der Waals surface area contributed by atoms with Crippen LogP contribution < -0.4 is 15.4 Å². The number of fused-ring (bicyclic) bond motifs is 5. The number of anilines is 1. The Bertz CT molecular complexity index is 1510. The second-order valence-electron chi connectivity index (χ2n) is 8.18. The van der Waals surface area contributed by atoms with E-state index < -0.39 is 6.09 Å². The minimum atomic E-state index is -0.410. The van der Waals surface area contributed by atoms with E-state index >= 15 is 0 Å². The molecule has 4 aromatic rings. The van der Waals surface area contributed by atoms with Gasteiger partial charge in [0.15, 0.2) is 0 Å². The quantitative estimate of drug-likeness (QED) is 0.394. The molecule has 3 aromatic heterocycles. The Balaban J connectivity index is 1.37. The van der Waals surface area contributed by atoms with Crippen LogP contribution in [-0.4, -0.2) is 62.6 Å². The van der Waals surface area contributed by atoms with E-state index in [2.05, 4.69) is 30.6 Å². The van der Waals surface area contributed by atoms with Crippen LogP contribution in [0.2, 0.25) is 5.28 Å². The molecule has 1 aromatic carbocycles. The molecule has 5 heterocycles. The molecule has 178 valence electrons. The maximum absolute atomic E-state index is 12.6. The molecule has 1 saturated heterocycles. The summed E-state index contributed by atoms with van der Waals surface area (Å²) in [5.74, 6) is 0.281. The van der Waals surface area contributed by atoms with Gasteiger partial charge in [-0.1, -0.05) is 0 Å². The molecule has 0 radical (unpaired) electrons. The number of halogens is 1. The largest absolute Gasteiger partial charge is 0.448 e. The van der Waals surface area contributed by atoms with E-state index in [1.54, 1.807) is 0 Å². The maximum atomic E-state index is 12.6. The minimum absolute atomic E-state index is 0.00255. The number of carbonyl (C=O) groups is 2. The lowest BCUT2D eigenvalue weighted by molar-refractivity contribution is 0.0949. The summed E-state index contributed by atoms with van der Waals surface area (Å²) in [4.78, 5) is 44.0. The van der Waals surface area contributed by atoms with E-state index in [9.17, 15) is 9.59 Å². The number of aromatic nitrogens is 4. The lowest BCUT2D eigenvalue weighted by Gasteiger charge is -2.15.